The minimum atomic E-state index is -3.77. The van der Waals surface area contributed by atoms with Crippen molar-refractivity contribution in [2.24, 2.45) is 0 Å². The first-order valence-corrected chi connectivity index (χ1v) is 14.1. The van der Waals surface area contributed by atoms with Gasteiger partial charge in [-0.3, -0.25) is 0 Å². The number of hydrogen-bond donors (Lipinski definition) is 0. The summed E-state index contributed by atoms with van der Waals surface area (Å²) >= 11 is 1.36. The van der Waals surface area contributed by atoms with Gasteiger partial charge in [0, 0.05) is 15.8 Å². The zero-order valence-corrected chi connectivity index (χ0v) is 21.9. The first-order chi connectivity index (χ1) is 17.5. The topological polar surface area (TPSA) is 74.3 Å². The number of rotatable bonds is 9. The van der Waals surface area contributed by atoms with Crippen molar-refractivity contribution in [2.45, 2.75) is 46.3 Å². The van der Waals surface area contributed by atoms with Crippen molar-refractivity contribution in [1.82, 2.24) is 4.31 Å². The summed E-state index contributed by atoms with van der Waals surface area (Å²) in [6.45, 7) is 0.996. The Morgan fingerprint density at radius 3 is 2.47 bits per heavy atom. The van der Waals surface area contributed by atoms with E-state index >= 15 is 0 Å². The van der Waals surface area contributed by atoms with Gasteiger partial charge in [0.15, 0.2) is 11.5 Å². The summed E-state index contributed by atoms with van der Waals surface area (Å²) in [6.07, 6.45) is 1.31. The molecule has 0 N–H and O–H groups in total. The van der Waals surface area contributed by atoms with E-state index in [4.69, 9.17) is 18.9 Å². The van der Waals surface area contributed by atoms with Crippen LogP contribution in [-0.2, 0) is 21.4 Å². The van der Waals surface area contributed by atoms with Crippen LogP contribution in [0.2, 0.25) is 0 Å². The average molecular weight is 528 g/mol. The van der Waals surface area contributed by atoms with Gasteiger partial charge in [-0.05, 0) is 48.7 Å². The molecule has 0 unspecified atom stereocenters. The van der Waals surface area contributed by atoms with E-state index in [2.05, 4.69) is 0 Å². The van der Waals surface area contributed by atoms with Gasteiger partial charge in [-0.15, -0.1) is 0 Å². The van der Waals surface area contributed by atoms with Crippen molar-refractivity contribution < 1.29 is 27.4 Å². The molecule has 0 amide bonds. The summed E-state index contributed by atoms with van der Waals surface area (Å²) in [6, 6.07) is 20.8. The van der Waals surface area contributed by atoms with Gasteiger partial charge in [-0.25, -0.2) is 8.42 Å². The lowest BCUT2D eigenvalue weighted by molar-refractivity contribution is 0.0334. The predicted octanol–water partition coefficient (Wildman–Crippen LogP) is 4.99. The quantitative estimate of drug-likeness (QED) is 0.388. The highest BCUT2D eigenvalue weighted by Crippen LogP contribution is 2.45. The number of sulfonamides is 1. The summed E-state index contributed by atoms with van der Waals surface area (Å²) < 4.78 is 52.5. The standard InChI is InChI=1S/C27H29NO6S2/c1-31-23-14-13-22(15-25(23)32-2)35-26-10-6-9-24-27(26)36(29,30)28(20-11-12-20)16-21(34-24)18-33-17-19-7-4-3-5-8-19/h3-10,13-15,20-21H,11-12,16-18H2,1-2H3/t21-/m0/s1. The lowest BCUT2D eigenvalue weighted by Crippen LogP contribution is -2.40. The molecule has 2 aliphatic rings. The third-order valence-corrected chi connectivity index (χ3v) is 9.32. The van der Waals surface area contributed by atoms with Crippen LogP contribution in [0.25, 0.3) is 0 Å². The van der Waals surface area contributed by atoms with Gasteiger partial charge in [-0.1, -0.05) is 48.2 Å². The van der Waals surface area contributed by atoms with Crippen LogP contribution in [0.5, 0.6) is 17.2 Å². The van der Waals surface area contributed by atoms with Crippen LogP contribution in [0.4, 0.5) is 0 Å². The van der Waals surface area contributed by atoms with Crippen LogP contribution in [0.15, 0.2) is 81.4 Å². The van der Waals surface area contributed by atoms with E-state index in [1.165, 1.54) is 11.8 Å². The Labute approximate surface area is 216 Å². The first-order valence-electron chi connectivity index (χ1n) is 11.8. The zero-order valence-electron chi connectivity index (χ0n) is 20.3. The normalized spacial score (nSPS) is 19.1. The molecular weight excluding hydrogens is 498 g/mol. The van der Waals surface area contributed by atoms with Gasteiger partial charge in [0.1, 0.15) is 16.7 Å². The minimum absolute atomic E-state index is 0.000287. The summed E-state index contributed by atoms with van der Waals surface area (Å²) in [5, 5.41) is 0. The molecule has 0 aromatic heterocycles. The molecule has 7 nitrogen and oxygen atoms in total. The van der Waals surface area contributed by atoms with Crippen molar-refractivity contribution in [3.63, 3.8) is 0 Å². The number of hydrogen-bond acceptors (Lipinski definition) is 7. The highest BCUT2D eigenvalue weighted by molar-refractivity contribution is 8.00. The van der Waals surface area contributed by atoms with E-state index < -0.39 is 16.1 Å². The maximum absolute atomic E-state index is 13.9. The molecule has 1 saturated carbocycles. The number of nitrogens with zero attached hydrogens (tertiary/aromatic N) is 1. The second kappa shape index (κ2) is 10.7. The van der Waals surface area contributed by atoms with Gasteiger partial charge in [0.2, 0.25) is 10.0 Å². The Bertz CT molecular complexity index is 1310. The zero-order chi connectivity index (χ0) is 25.1. The molecule has 0 bridgehead atoms. The van der Waals surface area contributed by atoms with Crippen LogP contribution in [0.3, 0.4) is 0 Å². The van der Waals surface area contributed by atoms with Crippen molar-refractivity contribution in [1.29, 1.82) is 0 Å². The molecule has 9 heteroatoms. The maximum Gasteiger partial charge on any atom is 0.248 e. The molecule has 1 fully saturated rings. The molecule has 3 aromatic rings. The Hall–Kier alpha value is -2.72. The van der Waals surface area contributed by atoms with Crippen LogP contribution in [0.1, 0.15) is 18.4 Å². The fraction of sp³-hybridized carbons (Fsp3) is 0.333. The number of fused-ring (bicyclic) bond motifs is 1. The van der Waals surface area contributed by atoms with Gasteiger partial charge < -0.3 is 18.9 Å². The first kappa shape index (κ1) is 25.0. The summed E-state index contributed by atoms with van der Waals surface area (Å²) in [7, 11) is -0.612. The average Bonchev–Trinajstić information content (AvgIpc) is 3.73. The summed E-state index contributed by atoms with van der Waals surface area (Å²) in [4.78, 5) is 1.65. The van der Waals surface area contributed by atoms with E-state index in [0.29, 0.717) is 35.4 Å². The van der Waals surface area contributed by atoms with Crippen LogP contribution in [0, 0.1) is 0 Å². The van der Waals surface area contributed by atoms with E-state index in [0.717, 1.165) is 23.3 Å². The second-order valence-electron chi connectivity index (χ2n) is 8.75. The SMILES string of the molecule is COc1ccc(Sc2cccc3c2S(=O)(=O)N(C2CC2)C[C@@H](COCc2ccccc2)O3)cc1OC. The maximum atomic E-state index is 13.9. The minimum Gasteiger partial charge on any atom is -0.493 e. The molecule has 190 valence electrons. The highest BCUT2D eigenvalue weighted by Gasteiger charge is 2.44. The molecular formula is C27H29NO6S2. The molecule has 1 heterocycles. The van der Waals surface area contributed by atoms with Gasteiger partial charge in [0.25, 0.3) is 0 Å². The van der Waals surface area contributed by atoms with Gasteiger partial charge in [0.05, 0.1) is 34.0 Å². The molecule has 0 spiro atoms. The van der Waals surface area contributed by atoms with Crippen LogP contribution < -0.4 is 14.2 Å². The van der Waals surface area contributed by atoms with E-state index in [1.807, 2.05) is 60.7 Å². The molecule has 1 aliphatic carbocycles. The summed E-state index contributed by atoms with van der Waals surface area (Å²) in [5.41, 5.74) is 1.06. The van der Waals surface area contributed by atoms with Crippen molar-refractivity contribution in [3.8, 4) is 17.2 Å². The molecule has 0 radical (unpaired) electrons. The molecule has 1 atom stereocenters. The Morgan fingerprint density at radius 1 is 0.972 bits per heavy atom. The Kier molecular flexibility index (Phi) is 7.43. The number of benzene rings is 3. The largest absolute Gasteiger partial charge is 0.493 e. The lowest BCUT2D eigenvalue weighted by atomic mass is 10.2. The Morgan fingerprint density at radius 2 is 1.75 bits per heavy atom. The third kappa shape index (κ3) is 5.34. The smallest absolute Gasteiger partial charge is 0.248 e. The van der Waals surface area contributed by atoms with Crippen molar-refractivity contribution in [3.05, 3.63) is 72.3 Å². The predicted molar refractivity (Wildman–Crippen MR) is 138 cm³/mol. The molecule has 0 saturated heterocycles. The highest BCUT2D eigenvalue weighted by atomic mass is 32.2. The van der Waals surface area contributed by atoms with Crippen molar-refractivity contribution in [2.75, 3.05) is 27.4 Å². The fourth-order valence-electron chi connectivity index (χ4n) is 4.24. The second-order valence-corrected chi connectivity index (χ2v) is 11.7. The number of methoxy groups -OCH3 is 2. The molecule has 36 heavy (non-hydrogen) atoms. The summed E-state index contributed by atoms with van der Waals surface area (Å²) in [5.74, 6) is 1.55. The van der Waals surface area contributed by atoms with Crippen LogP contribution in [-0.4, -0.2) is 52.2 Å². The van der Waals surface area contributed by atoms with Gasteiger partial charge >= 0.3 is 0 Å². The molecule has 3 aromatic carbocycles. The Balaban J connectivity index is 1.43. The lowest BCUT2D eigenvalue weighted by Gasteiger charge is -2.23. The van der Waals surface area contributed by atoms with E-state index in [9.17, 15) is 8.42 Å². The third-order valence-electron chi connectivity index (χ3n) is 6.14. The van der Waals surface area contributed by atoms with Crippen LogP contribution >= 0.6 is 11.8 Å². The molecule has 5 rings (SSSR count). The van der Waals surface area contributed by atoms with E-state index in [-0.39, 0.29) is 17.5 Å². The van der Waals surface area contributed by atoms with Crippen molar-refractivity contribution >= 4 is 21.8 Å². The molecule has 1 aliphatic heterocycles. The van der Waals surface area contributed by atoms with E-state index in [1.54, 1.807) is 24.6 Å². The van der Waals surface area contributed by atoms with Gasteiger partial charge in [-0.2, -0.15) is 4.31 Å². The fourth-order valence-corrected chi connectivity index (χ4v) is 7.47. The monoisotopic (exact) mass is 527 g/mol. The number of ether oxygens (including phenoxy) is 4.